The third-order valence-corrected chi connectivity index (χ3v) is 1.59. The first-order valence-corrected chi connectivity index (χ1v) is 3.61. The summed E-state index contributed by atoms with van der Waals surface area (Å²) in [6, 6.07) is 2.66. The van der Waals surface area contributed by atoms with Gasteiger partial charge >= 0.3 is 0 Å². The van der Waals surface area contributed by atoms with Gasteiger partial charge in [0.1, 0.15) is 0 Å². The molecule has 0 heterocycles. The lowest BCUT2D eigenvalue weighted by molar-refractivity contribution is -0.385. The molecule has 0 atom stereocenters. The van der Waals surface area contributed by atoms with Crippen molar-refractivity contribution in [3.63, 3.8) is 0 Å². The Morgan fingerprint density at radius 3 is 2.62 bits per heavy atom. The van der Waals surface area contributed by atoms with Gasteiger partial charge in [0.05, 0.1) is 14.2 Å². The Morgan fingerprint density at radius 1 is 1.54 bits per heavy atom. The summed E-state index contributed by atoms with van der Waals surface area (Å²) in [5, 5.41) is 19.7. The summed E-state index contributed by atoms with van der Waals surface area (Å²) >= 11 is 5.36. The predicted octanol–water partition coefficient (Wildman–Crippen LogP) is 1.83. The smallest absolute Gasteiger partial charge is 0.270 e. The molecule has 0 aromatic heterocycles. The first-order valence-electron chi connectivity index (χ1n) is 5.23. The Balaban J connectivity index is 3.45. The molecule has 0 aliphatic carbocycles. The molecule has 0 unspecified atom stereocenters. The van der Waals surface area contributed by atoms with Crippen LogP contribution in [0.5, 0.6) is 0 Å². The topological polar surface area (TPSA) is 63.4 Å². The van der Waals surface area contributed by atoms with Crippen LogP contribution in [0.15, 0.2) is 18.2 Å². The molecule has 1 N–H and O–H groups in total. The molecule has 0 aliphatic heterocycles. The predicted molar refractivity (Wildman–Crippen MR) is 48.6 cm³/mol. The molecule has 4 nitrogen and oxygen atoms in total. The van der Waals surface area contributed by atoms with Crippen LogP contribution in [-0.2, 0) is 12.4 Å². The van der Waals surface area contributed by atoms with E-state index in [9.17, 15) is 10.1 Å². The van der Waals surface area contributed by atoms with E-state index in [0.717, 1.165) is 18.2 Å². The van der Waals surface area contributed by atoms with Crippen LogP contribution in [0.1, 0.15) is 16.6 Å². The van der Waals surface area contributed by atoms with Gasteiger partial charge in [0.2, 0.25) is 0 Å². The number of alkyl halides is 1. The minimum atomic E-state index is -2.80. The van der Waals surface area contributed by atoms with E-state index in [1.165, 1.54) is 0 Å². The molecular formula is C8H8ClNO3. The van der Waals surface area contributed by atoms with Crippen molar-refractivity contribution in [2.45, 2.75) is 12.4 Å². The fraction of sp³-hybridized carbons (Fsp3) is 0.250. The van der Waals surface area contributed by atoms with Crippen LogP contribution in [0, 0.1) is 10.1 Å². The highest BCUT2D eigenvalue weighted by molar-refractivity contribution is 6.17. The number of nitrogens with zero attached hydrogens (tertiary/aromatic N) is 1. The Kier molecular flexibility index (Phi) is 1.80. The number of halogens is 1. The Morgan fingerprint density at radius 2 is 2.15 bits per heavy atom. The highest BCUT2D eigenvalue weighted by atomic mass is 35.5. The third-order valence-electron chi connectivity index (χ3n) is 1.37. The molecule has 0 aliphatic rings. The van der Waals surface area contributed by atoms with Gasteiger partial charge in [-0.15, -0.1) is 11.6 Å². The number of rotatable bonds is 3. The molecule has 1 aromatic rings. The summed E-state index contributed by atoms with van der Waals surface area (Å²) in [5.41, 5.74) is -1.26. The number of nitro groups is 1. The van der Waals surface area contributed by atoms with Gasteiger partial charge < -0.3 is 5.11 Å². The van der Waals surface area contributed by atoms with E-state index in [1.807, 2.05) is 0 Å². The Hall–Kier alpha value is -1.13. The van der Waals surface area contributed by atoms with Gasteiger partial charge in [0.25, 0.3) is 5.69 Å². The van der Waals surface area contributed by atoms with Crippen molar-refractivity contribution in [3.8, 4) is 0 Å². The van der Waals surface area contributed by atoms with Gasteiger partial charge in [-0.3, -0.25) is 10.1 Å². The fourth-order valence-electron chi connectivity index (χ4n) is 0.836. The summed E-state index contributed by atoms with van der Waals surface area (Å²) < 4.78 is 28.5. The fourth-order valence-corrected chi connectivity index (χ4v) is 0.945. The lowest BCUT2D eigenvalue weighted by Crippen LogP contribution is -1.93. The second-order valence-electron chi connectivity index (χ2n) is 2.23. The van der Waals surface area contributed by atoms with Crippen molar-refractivity contribution in [1.29, 1.82) is 0 Å². The molecule has 0 bridgehead atoms. The first kappa shape index (κ1) is 5.57. The van der Waals surface area contributed by atoms with Gasteiger partial charge in [-0.05, 0) is 11.1 Å². The molecule has 0 amide bonds. The van der Waals surface area contributed by atoms with Crippen molar-refractivity contribution in [1.82, 2.24) is 0 Å². The van der Waals surface area contributed by atoms with E-state index < -0.39 is 28.6 Å². The molecule has 1 rings (SSSR count). The van der Waals surface area contributed by atoms with Crippen LogP contribution >= 0.6 is 11.6 Å². The van der Waals surface area contributed by atoms with Gasteiger partial charge in [0.15, 0.2) is 0 Å². The lowest BCUT2D eigenvalue weighted by Gasteiger charge is -2.00. The van der Waals surface area contributed by atoms with E-state index >= 15 is 0 Å². The van der Waals surface area contributed by atoms with Gasteiger partial charge in [-0.25, -0.2) is 0 Å². The third kappa shape index (κ3) is 2.40. The lowest BCUT2D eigenvalue weighted by atomic mass is 10.1. The number of benzene rings is 1. The van der Waals surface area contributed by atoms with Crippen LogP contribution in [0.25, 0.3) is 0 Å². The molecule has 0 spiro atoms. The first-order chi connectivity index (χ1) is 7.51. The molecule has 0 radical (unpaired) electrons. The average Bonchev–Trinajstić information content (AvgIpc) is 2.14. The molecular weight excluding hydrogens is 194 g/mol. The van der Waals surface area contributed by atoms with E-state index in [2.05, 4.69) is 0 Å². The number of aliphatic hydroxyl groups is 1. The second kappa shape index (κ2) is 4.20. The minimum absolute atomic E-state index is 0.290. The van der Waals surface area contributed by atoms with Gasteiger partial charge in [0, 0.05) is 20.7 Å². The molecule has 13 heavy (non-hydrogen) atoms. The SMILES string of the molecule is [2H]C([2H])(O)c1cc([N+](=O)[O-])cc(C([2H])([2H])Cl)c1. The van der Waals surface area contributed by atoms with E-state index in [0.29, 0.717) is 0 Å². The quantitative estimate of drug-likeness (QED) is 0.465. The van der Waals surface area contributed by atoms with Crippen LogP contribution in [0.4, 0.5) is 5.69 Å². The number of hydrogen-bond donors (Lipinski definition) is 1. The summed E-state index contributed by atoms with van der Waals surface area (Å²) in [6.07, 6.45) is 0. The standard InChI is InChI=1S/C8H8ClNO3/c9-4-6-1-7(5-11)3-8(2-6)10(12)13/h1-3,11H,4-5H2/i4D2,5D2. The zero-order valence-electron chi connectivity index (χ0n) is 10.3. The normalized spacial score (nSPS) is 16.8. The Labute approximate surface area is 85.5 Å². The summed E-state index contributed by atoms with van der Waals surface area (Å²) in [5.74, 6) is -2.38. The zero-order valence-corrected chi connectivity index (χ0v) is 7.08. The van der Waals surface area contributed by atoms with E-state index in [-0.39, 0.29) is 5.56 Å². The highest BCUT2D eigenvalue weighted by Gasteiger charge is 2.08. The maximum atomic E-state index is 10.6. The Bertz CT molecular complexity index is 423. The molecule has 70 valence electrons. The monoisotopic (exact) mass is 205 g/mol. The number of hydrogen-bond acceptors (Lipinski definition) is 3. The van der Waals surface area contributed by atoms with Crippen LogP contribution in [0.3, 0.4) is 0 Å². The summed E-state index contributed by atoms with van der Waals surface area (Å²) in [6.45, 7) is -2.80. The van der Waals surface area contributed by atoms with Crippen molar-refractivity contribution in [2.24, 2.45) is 0 Å². The zero-order chi connectivity index (χ0) is 13.4. The molecule has 1 aromatic carbocycles. The number of nitro benzene ring substituents is 1. The second-order valence-corrected chi connectivity index (χ2v) is 2.42. The van der Waals surface area contributed by atoms with E-state index in [1.54, 1.807) is 0 Å². The molecule has 0 saturated carbocycles. The summed E-state index contributed by atoms with van der Waals surface area (Å²) in [4.78, 5) is 9.78. The van der Waals surface area contributed by atoms with Gasteiger partial charge in [-0.2, -0.15) is 0 Å². The van der Waals surface area contributed by atoms with Crippen LogP contribution in [-0.4, -0.2) is 10.0 Å². The van der Waals surface area contributed by atoms with Crippen molar-refractivity contribution < 1.29 is 15.5 Å². The maximum absolute atomic E-state index is 10.6. The number of non-ortho nitro benzene ring substituents is 1. The van der Waals surface area contributed by atoms with Gasteiger partial charge in [-0.1, -0.05) is 6.07 Å². The maximum Gasteiger partial charge on any atom is 0.270 e. The highest BCUT2D eigenvalue weighted by Crippen LogP contribution is 2.18. The van der Waals surface area contributed by atoms with Crippen LogP contribution < -0.4 is 0 Å². The molecule has 0 fully saturated rings. The summed E-state index contributed by atoms with van der Waals surface area (Å²) in [7, 11) is 0. The largest absolute Gasteiger partial charge is 0.392 e. The van der Waals surface area contributed by atoms with Crippen molar-refractivity contribution in [2.75, 3.05) is 0 Å². The minimum Gasteiger partial charge on any atom is -0.392 e. The van der Waals surface area contributed by atoms with Crippen LogP contribution in [0.2, 0.25) is 0 Å². The average molecular weight is 206 g/mol. The van der Waals surface area contributed by atoms with E-state index in [4.69, 9.17) is 22.2 Å². The molecule has 0 saturated heterocycles. The van der Waals surface area contributed by atoms with Crippen molar-refractivity contribution >= 4 is 17.3 Å². The van der Waals surface area contributed by atoms with Crippen molar-refractivity contribution in [3.05, 3.63) is 39.4 Å². The molecule has 5 heteroatoms.